The van der Waals surface area contributed by atoms with Crippen molar-refractivity contribution in [2.24, 2.45) is 5.92 Å². The zero-order valence-electron chi connectivity index (χ0n) is 19.3. The fraction of sp³-hybridized carbons (Fsp3) is 0.375. The minimum atomic E-state index is -0.605. The van der Waals surface area contributed by atoms with Crippen LogP contribution in [0.15, 0.2) is 35.0 Å². The van der Waals surface area contributed by atoms with E-state index in [0.717, 1.165) is 12.8 Å². The van der Waals surface area contributed by atoms with Gasteiger partial charge in [-0.15, -0.1) is 0 Å². The van der Waals surface area contributed by atoms with Gasteiger partial charge in [0.05, 0.1) is 23.5 Å². The smallest absolute Gasteiger partial charge is 0.294 e. The van der Waals surface area contributed by atoms with Crippen molar-refractivity contribution in [2.75, 3.05) is 36.1 Å². The summed E-state index contributed by atoms with van der Waals surface area (Å²) in [6.45, 7) is 1.23. The van der Waals surface area contributed by atoms with E-state index in [0.29, 0.717) is 42.2 Å². The Balaban J connectivity index is 1.32. The van der Waals surface area contributed by atoms with Gasteiger partial charge in [0.15, 0.2) is 5.58 Å². The maximum atomic E-state index is 13.2. The van der Waals surface area contributed by atoms with Crippen LogP contribution in [0, 0.1) is 5.92 Å². The number of carbonyl (C=O) groups is 3. The molecule has 3 amide bonds. The molecule has 188 valence electrons. The maximum absolute atomic E-state index is 13.2. The number of anilines is 3. The molecule has 5 rings (SSSR count). The predicted octanol–water partition coefficient (Wildman–Crippen LogP) is 3.07. The van der Waals surface area contributed by atoms with Crippen molar-refractivity contribution in [2.45, 2.75) is 31.7 Å². The molecule has 1 saturated carbocycles. The normalized spacial score (nSPS) is 20.4. The van der Waals surface area contributed by atoms with Crippen molar-refractivity contribution < 1.29 is 23.5 Å². The third-order valence-corrected chi connectivity index (χ3v) is 6.73. The highest BCUT2D eigenvalue weighted by Gasteiger charge is 2.34. The molecule has 0 atom stereocenters. The van der Waals surface area contributed by atoms with E-state index >= 15 is 0 Å². The number of halogens is 1. The molecule has 36 heavy (non-hydrogen) atoms. The van der Waals surface area contributed by atoms with Crippen molar-refractivity contribution in [1.82, 2.24) is 14.9 Å². The molecular formula is C24H25ClN6O5. The molecule has 1 aliphatic carbocycles. The lowest BCUT2D eigenvalue weighted by molar-refractivity contribution is -0.146. The Bertz CT molecular complexity index is 1300. The van der Waals surface area contributed by atoms with E-state index in [1.54, 1.807) is 18.2 Å². The number of morpholine rings is 1. The van der Waals surface area contributed by atoms with E-state index < -0.39 is 5.91 Å². The number of furan rings is 1. The fourth-order valence-corrected chi connectivity index (χ4v) is 4.80. The Morgan fingerprint density at radius 1 is 1.11 bits per heavy atom. The Morgan fingerprint density at radius 2 is 1.92 bits per heavy atom. The number of pyridine rings is 2. The van der Waals surface area contributed by atoms with Crippen LogP contribution in [0.1, 0.15) is 36.2 Å². The summed E-state index contributed by atoms with van der Waals surface area (Å²) in [6.07, 6.45) is 5.52. The number of rotatable bonds is 5. The second-order valence-corrected chi connectivity index (χ2v) is 9.31. The molecule has 2 fully saturated rings. The molecule has 11 nitrogen and oxygen atoms in total. The molecule has 3 aromatic heterocycles. The lowest BCUT2D eigenvalue weighted by Gasteiger charge is -2.38. The van der Waals surface area contributed by atoms with Crippen LogP contribution < -0.4 is 16.4 Å². The monoisotopic (exact) mass is 512 g/mol. The highest BCUT2D eigenvalue weighted by Crippen LogP contribution is 2.34. The Labute approximate surface area is 211 Å². The molecule has 4 heterocycles. The van der Waals surface area contributed by atoms with Gasteiger partial charge in [-0.05, 0) is 37.8 Å². The molecule has 2 aliphatic rings. The van der Waals surface area contributed by atoms with Gasteiger partial charge in [-0.1, -0.05) is 11.6 Å². The second-order valence-electron chi connectivity index (χ2n) is 8.87. The maximum Gasteiger partial charge on any atom is 0.294 e. The quantitative estimate of drug-likeness (QED) is 0.471. The lowest BCUT2D eigenvalue weighted by atomic mass is 9.84. The summed E-state index contributed by atoms with van der Waals surface area (Å²) in [5.41, 5.74) is 6.95. The van der Waals surface area contributed by atoms with Gasteiger partial charge in [0.1, 0.15) is 23.6 Å². The summed E-state index contributed by atoms with van der Waals surface area (Å²) in [4.78, 5) is 48.6. The molecule has 4 N–H and O–H groups in total. The zero-order valence-corrected chi connectivity index (χ0v) is 20.1. The first-order chi connectivity index (χ1) is 17.4. The van der Waals surface area contributed by atoms with E-state index in [9.17, 15) is 14.4 Å². The number of nitrogens with two attached hydrogens (primary N) is 1. The number of ether oxygens (including phenoxy) is 1. The molecule has 0 radical (unpaired) electrons. The standard InChI is InChI=1S/C24H25ClN6O5/c25-14-3-6-18(27-10-14)29-24(34)22-21(20-17(36-22)9-15(26)11-28-20)30-23(33)13-1-4-16(5-2-13)31-7-8-35-12-19(31)32/h3,6,9-11,13,16H,1-2,4-5,7-8,12,26H2,(H,30,33)(H,27,29,34)/t13-,16-. The number of nitrogens with zero attached hydrogens (tertiary/aromatic N) is 3. The Hall–Kier alpha value is -3.70. The summed E-state index contributed by atoms with van der Waals surface area (Å²) in [6, 6.07) is 4.79. The van der Waals surface area contributed by atoms with Crippen molar-refractivity contribution in [3.63, 3.8) is 0 Å². The van der Waals surface area contributed by atoms with Gasteiger partial charge in [-0.2, -0.15) is 0 Å². The number of nitrogens with one attached hydrogen (secondary N) is 2. The number of hydrogen-bond donors (Lipinski definition) is 3. The molecule has 12 heteroatoms. The number of fused-ring (bicyclic) bond motifs is 1. The third kappa shape index (κ3) is 4.98. The largest absolute Gasteiger partial charge is 0.447 e. The summed E-state index contributed by atoms with van der Waals surface area (Å²) in [5.74, 6) is -0.959. The van der Waals surface area contributed by atoms with E-state index in [1.165, 1.54) is 12.4 Å². The topological polar surface area (TPSA) is 153 Å². The first kappa shape index (κ1) is 24.0. The SMILES string of the molecule is Nc1cnc2c(NC(=O)[C@H]3CC[C@H](N4CCOCC4=O)CC3)c(C(=O)Nc3ccc(Cl)cn3)oc2c1. The summed E-state index contributed by atoms with van der Waals surface area (Å²) >= 11 is 5.86. The van der Waals surface area contributed by atoms with E-state index in [4.69, 9.17) is 26.5 Å². The molecule has 1 aliphatic heterocycles. The Kier molecular flexibility index (Phi) is 6.75. The van der Waals surface area contributed by atoms with Crippen LogP contribution in [0.4, 0.5) is 17.2 Å². The van der Waals surface area contributed by atoms with E-state index in [1.807, 2.05) is 4.90 Å². The number of amides is 3. The molecule has 0 aromatic carbocycles. The van der Waals surface area contributed by atoms with Crippen molar-refractivity contribution in [1.29, 1.82) is 0 Å². The highest BCUT2D eigenvalue weighted by atomic mass is 35.5. The average Bonchev–Trinajstić information content (AvgIpc) is 3.23. The van der Waals surface area contributed by atoms with Gasteiger partial charge in [0.2, 0.25) is 17.6 Å². The summed E-state index contributed by atoms with van der Waals surface area (Å²) < 4.78 is 11.0. The van der Waals surface area contributed by atoms with E-state index in [-0.39, 0.29) is 53.2 Å². The highest BCUT2D eigenvalue weighted by molar-refractivity contribution is 6.30. The molecule has 0 spiro atoms. The minimum Gasteiger partial charge on any atom is -0.447 e. The van der Waals surface area contributed by atoms with Gasteiger partial charge in [-0.3, -0.25) is 14.4 Å². The predicted molar refractivity (Wildman–Crippen MR) is 133 cm³/mol. The lowest BCUT2D eigenvalue weighted by Crippen LogP contribution is -2.49. The molecule has 3 aromatic rings. The fourth-order valence-electron chi connectivity index (χ4n) is 4.68. The number of aromatic nitrogens is 2. The van der Waals surface area contributed by atoms with Gasteiger partial charge in [-0.25, -0.2) is 9.97 Å². The summed E-state index contributed by atoms with van der Waals surface area (Å²) in [5, 5.41) is 5.93. The molecule has 1 saturated heterocycles. The average molecular weight is 513 g/mol. The molecule has 0 bridgehead atoms. The van der Waals surface area contributed by atoms with Gasteiger partial charge >= 0.3 is 0 Å². The molecular weight excluding hydrogens is 488 g/mol. The van der Waals surface area contributed by atoms with Crippen LogP contribution in [-0.4, -0.2) is 58.4 Å². The second kappa shape index (κ2) is 10.1. The Morgan fingerprint density at radius 3 is 2.64 bits per heavy atom. The first-order valence-corrected chi connectivity index (χ1v) is 12.1. The van der Waals surface area contributed by atoms with Crippen LogP contribution in [0.3, 0.4) is 0 Å². The number of hydrogen-bond acceptors (Lipinski definition) is 8. The zero-order chi connectivity index (χ0) is 25.2. The van der Waals surface area contributed by atoms with Crippen LogP contribution >= 0.6 is 11.6 Å². The van der Waals surface area contributed by atoms with Gasteiger partial charge in [0, 0.05) is 30.8 Å². The molecule has 0 unspecified atom stereocenters. The van der Waals surface area contributed by atoms with Crippen molar-refractivity contribution in [3.05, 3.63) is 41.4 Å². The number of carbonyl (C=O) groups excluding carboxylic acids is 3. The minimum absolute atomic E-state index is 0.00445. The van der Waals surface area contributed by atoms with Crippen LogP contribution in [0.2, 0.25) is 5.02 Å². The first-order valence-electron chi connectivity index (χ1n) is 11.7. The summed E-state index contributed by atoms with van der Waals surface area (Å²) in [7, 11) is 0. The number of nitrogen functional groups attached to an aromatic ring is 1. The third-order valence-electron chi connectivity index (χ3n) is 6.50. The van der Waals surface area contributed by atoms with Crippen LogP contribution in [0.5, 0.6) is 0 Å². The van der Waals surface area contributed by atoms with Crippen LogP contribution in [0.25, 0.3) is 11.1 Å². The van der Waals surface area contributed by atoms with Gasteiger partial charge in [0.25, 0.3) is 5.91 Å². The van der Waals surface area contributed by atoms with Crippen molar-refractivity contribution >= 4 is 57.6 Å². The van der Waals surface area contributed by atoms with Crippen molar-refractivity contribution in [3.8, 4) is 0 Å². The van der Waals surface area contributed by atoms with E-state index in [2.05, 4.69) is 20.6 Å². The van der Waals surface area contributed by atoms with Gasteiger partial charge < -0.3 is 30.4 Å². The van der Waals surface area contributed by atoms with Crippen LogP contribution in [-0.2, 0) is 14.3 Å².